The second-order valence-electron chi connectivity index (χ2n) is 8.36. The number of ketones is 1. The van der Waals surface area contributed by atoms with Gasteiger partial charge in [-0.1, -0.05) is 61.0 Å². The lowest BCUT2D eigenvalue weighted by atomic mass is 9.85. The van der Waals surface area contributed by atoms with Gasteiger partial charge < -0.3 is 5.11 Å². The van der Waals surface area contributed by atoms with Crippen molar-refractivity contribution in [3.8, 4) is 0 Å². The van der Waals surface area contributed by atoms with E-state index in [0.717, 1.165) is 15.6 Å². The highest BCUT2D eigenvalue weighted by atomic mass is 79.9. The minimum absolute atomic E-state index is 0.0346. The molecule has 0 bridgehead atoms. The number of thiazole rings is 1. The van der Waals surface area contributed by atoms with E-state index in [9.17, 15) is 14.7 Å². The first kappa shape index (κ1) is 21.5. The lowest BCUT2D eigenvalue weighted by Gasteiger charge is -2.26. The molecular weight excluding hydrogens is 476 g/mol. The molecule has 1 amide bonds. The smallest absolute Gasteiger partial charge is 0.296 e. The van der Waals surface area contributed by atoms with Gasteiger partial charge >= 0.3 is 0 Å². The van der Waals surface area contributed by atoms with Crippen LogP contribution in [0.25, 0.3) is 0 Å². The van der Waals surface area contributed by atoms with E-state index in [1.807, 2.05) is 24.3 Å². The Balaban J connectivity index is 1.84. The molecule has 1 unspecified atom stereocenters. The predicted molar refractivity (Wildman–Crippen MR) is 126 cm³/mol. The van der Waals surface area contributed by atoms with E-state index in [1.165, 1.54) is 16.2 Å². The number of aliphatic hydroxyl groups is 1. The molecule has 0 saturated heterocycles. The van der Waals surface area contributed by atoms with Gasteiger partial charge in [-0.3, -0.25) is 14.5 Å². The molecular formula is C24H21BrN2O3S. The highest BCUT2D eigenvalue weighted by Crippen LogP contribution is 2.42. The Morgan fingerprint density at radius 2 is 1.74 bits per heavy atom. The number of aliphatic hydroxyl groups excluding tert-OH is 1. The second kappa shape index (κ2) is 8.05. The molecule has 5 nitrogen and oxygen atoms in total. The fourth-order valence-corrected chi connectivity index (χ4v) is 4.54. The maximum absolute atomic E-state index is 13.4. The Labute approximate surface area is 193 Å². The van der Waals surface area contributed by atoms with Gasteiger partial charge in [0, 0.05) is 21.6 Å². The first-order valence-electron chi connectivity index (χ1n) is 9.75. The van der Waals surface area contributed by atoms with E-state index < -0.39 is 17.7 Å². The predicted octanol–water partition coefficient (Wildman–Crippen LogP) is 5.99. The summed E-state index contributed by atoms with van der Waals surface area (Å²) in [6.45, 7) is 6.37. The summed E-state index contributed by atoms with van der Waals surface area (Å²) in [6, 6.07) is 13.9. The van der Waals surface area contributed by atoms with Crippen molar-refractivity contribution in [1.29, 1.82) is 0 Å². The van der Waals surface area contributed by atoms with Crippen LogP contribution < -0.4 is 4.90 Å². The highest BCUT2D eigenvalue weighted by Gasteiger charge is 2.45. The van der Waals surface area contributed by atoms with Crippen molar-refractivity contribution in [2.75, 3.05) is 4.90 Å². The van der Waals surface area contributed by atoms with Gasteiger partial charge in [0.2, 0.25) is 0 Å². The van der Waals surface area contributed by atoms with Gasteiger partial charge in [0.05, 0.1) is 11.6 Å². The first-order chi connectivity index (χ1) is 14.7. The number of carbonyl (C=O) groups is 2. The molecule has 0 spiro atoms. The molecule has 2 heterocycles. The SMILES string of the molecule is CC(C)(C)c1ccc(C2C(C(=O)c3ccc(Br)cc3)=C(O)C(=O)N2c2nccs2)cc1. The summed E-state index contributed by atoms with van der Waals surface area (Å²) in [4.78, 5) is 32.1. The molecule has 0 radical (unpaired) electrons. The number of benzene rings is 2. The second-order valence-corrected chi connectivity index (χ2v) is 10.2. The van der Waals surface area contributed by atoms with Gasteiger partial charge in [-0.15, -0.1) is 11.3 Å². The van der Waals surface area contributed by atoms with Crippen molar-refractivity contribution in [2.24, 2.45) is 0 Å². The molecule has 4 rings (SSSR count). The Morgan fingerprint density at radius 3 is 2.29 bits per heavy atom. The summed E-state index contributed by atoms with van der Waals surface area (Å²) in [7, 11) is 0. The fraction of sp³-hybridized carbons (Fsp3) is 0.208. The number of Topliss-reactive ketones (excluding diaryl/α,β-unsaturated/α-hetero) is 1. The molecule has 158 valence electrons. The summed E-state index contributed by atoms with van der Waals surface area (Å²) in [6.07, 6.45) is 1.60. The average Bonchev–Trinajstić information content (AvgIpc) is 3.34. The molecule has 1 atom stereocenters. The van der Waals surface area contributed by atoms with Crippen LogP contribution >= 0.6 is 27.3 Å². The fourth-order valence-electron chi connectivity index (χ4n) is 3.61. The summed E-state index contributed by atoms with van der Waals surface area (Å²) in [5.74, 6) is -1.55. The lowest BCUT2D eigenvalue weighted by Crippen LogP contribution is -2.31. The van der Waals surface area contributed by atoms with Crippen LogP contribution in [-0.4, -0.2) is 21.8 Å². The zero-order valence-electron chi connectivity index (χ0n) is 17.3. The zero-order valence-corrected chi connectivity index (χ0v) is 19.7. The minimum atomic E-state index is -0.760. The van der Waals surface area contributed by atoms with Gasteiger partial charge in [0.15, 0.2) is 16.7 Å². The van der Waals surface area contributed by atoms with Crippen LogP contribution in [0.3, 0.4) is 0 Å². The van der Waals surface area contributed by atoms with Crippen molar-refractivity contribution in [3.63, 3.8) is 0 Å². The summed E-state index contributed by atoms with van der Waals surface area (Å²) < 4.78 is 0.837. The van der Waals surface area contributed by atoms with E-state index in [0.29, 0.717) is 10.7 Å². The molecule has 2 aromatic carbocycles. The third-order valence-corrected chi connectivity index (χ3v) is 6.58. The van der Waals surface area contributed by atoms with E-state index in [-0.39, 0.29) is 16.8 Å². The number of halogens is 1. The minimum Gasteiger partial charge on any atom is -0.503 e. The molecule has 1 aliphatic heterocycles. The first-order valence-corrected chi connectivity index (χ1v) is 11.4. The van der Waals surface area contributed by atoms with Gasteiger partial charge in [-0.2, -0.15) is 0 Å². The van der Waals surface area contributed by atoms with E-state index in [2.05, 4.69) is 41.7 Å². The largest absolute Gasteiger partial charge is 0.503 e. The van der Waals surface area contributed by atoms with E-state index in [1.54, 1.807) is 35.8 Å². The quantitative estimate of drug-likeness (QED) is 0.450. The molecule has 1 aromatic heterocycles. The van der Waals surface area contributed by atoms with Gasteiger partial charge in [0.1, 0.15) is 0 Å². The summed E-state index contributed by atoms with van der Waals surface area (Å²) in [5.41, 5.74) is 2.30. The van der Waals surface area contributed by atoms with E-state index >= 15 is 0 Å². The number of nitrogens with zero attached hydrogens (tertiary/aromatic N) is 2. The van der Waals surface area contributed by atoms with E-state index in [4.69, 9.17) is 0 Å². The summed E-state index contributed by atoms with van der Waals surface area (Å²) in [5, 5.41) is 13.0. The van der Waals surface area contributed by atoms with Crippen molar-refractivity contribution in [2.45, 2.75) is 32.2 Å². The van der Waals surface area contributed by atoms with Crippen LogP contribution in [0.4, 0.5) is 5.13 Å². The lowest BCUT2D eigenvalue weighted by molar-refractivity contribution is -0.117. The number of rotatable bonds is 4. The molecule has 1 aliphatic rings. The third kappa shape index (κ3) is 3.95. The van der Waals surface area contributed by atoms with Gasteiger partial charge in [-0.25, -0.2) is 4.98 Å². The van der Waals surface area contributed by atoms with Crippen LogP contribution in [0.15, 0.2) is 75.9 Å². The van der Waals surface area contributed by atoms with Crippen LogP contribution in [0.1, 0.15) is 48.3 Å². The number of carbonyl (C=O) groups excluding carboxylic acids is 2. The monoisotopic (exact) mass is 496 g/mol. The highest BCUT2D eigenvalue weighted by molar-refractivity contribution is 9.10. The molecule has 1 N–H and O–H groups in total. The molecule has 31 heavy (non-hydrogen) atoms. The molecule has 0 saturated carbocycles. The average molecular weight is 497 g/mol. The Hall–Kier alpha value is -2.77. The maximum Gasteiger partial charge on any atom is 0.296 e. The van der Waals surface area contributed by atoms with Crippen LogP contribution in [0.2, 0.25) is 0 Å². The number of amides is 1. The molecule has 3 aromatic rings. The number of hydrogen-bond acceptors (Lipinski definition) is 5. The van der Waals surface area contributed by atoms with Crippen LogP contribution in [0, 0.1) is 0 Å². The zero-order chi connectivity index (χ0) is 22.3. The number of aromatic nitrogens is 1. The van der Waals surface area contributed by atoms with Gasteiger partial charge in [-0.05, 0) is 40.8 Å². The van der Waals surface area contributed by atoms with Crippen molar-refractivity contribution in [3.05, 3.63) is 92.6 Å². The topological polar surface area (TPSA) is 70.5 Å². The molecule has 0 aliphatic carbocycles. The van der Waals surface area contributed by atoms with Gasteiger partial charge in [0.25, 0.3) is 5.91 Å². The maximum atomic E-state index is 13.4. The molecule has 0 fully saturated rings. The third-order valence-electron chi connectivity index (χ3n) is 5.28. The Kier molecular flexibility index (Phi) is 5.58. The van der Waals surface area contributed by atoms with Crippen molar-refractivity contribution in [1.82, 2.24) is 4.98 Å². The number of anilines is 1. The van der Waals surface area contributed by atoms with Crippen molar-refractivity contribution >= 4 is 44.1 Å². The normalized spacial score (nSPS) is 16.8. The summed E-state index contributed by atoms with van der Waals surface area (Å²) >= 11 is 4.65. The molecule has 7 heteroatoms. The Bertz CT molecular complexity index is 1160. The number of hydrogen-bond donors (Lipinski definition) is 1. The van der Waals surface area contributed by atoms with Crippen LogP contribution in [-0.2, 0) is 10.2 Å². The van der Waals surface area contributed by atoms with Crippen LogP contribution in [0.5, 0.6) is 0 Å². The van der Waals surface area contributed by atoms with Crippen molar-refractivity contribution < 1.29 is 14.7 Å². The standard InChI is InChI=1S/C24H21BrN2O3S/c1-24(2,3)16-8-4-14(5-9-16)19-18(20(28)15-6-10-17(25)11-7-15)21(29)22(30)27(19)23-26-12-13-31-23/h4-13,19,29H,1-3H3. The Morgan fingerprint density at radius 1 is 1.10 bits per heavy atom.